The molecule has 1 aromatic carbocycles. The van der Waals surface area contributed by atoms with E-state index in [4.69, 9.17) is 33.0 Å². The SMILES string of the molecule is C[C@H](Oc1cccc(Cl)c1Cl)C(=O)N[C@@H](CO)CCCO. The van der Waals surface area contributed by atoms with Crippen LogP contribution in [0.3, 0.4) is 0 Å². The van der Waals surface area contributed by atoms with E-state index in [-0.39, 0.29) is 24.1 Å². The van der Waals surface area contributed by atoms with E-state index >= 15 is 0 Å². The second-order valence-corrected chi connectivity index (χ2v) is 5.35. The Kier molecular flexibility index (Phi) is 7.82. The summed E-state index contributed by atoms with van der Waals surface area (Å²) in [6.07, 6.45) is 0.202. The van der Waals surface area contributed by atoms with Crippen molar-refractivity contribution in [2.45, 2.75) is 31.9 Å². The van der Waals surface area contributed by atoms with Gasteiger partial charge in [-0.25, -0.2) is 0 Å². The molecule has 0 aliphatic heterocycles. The molecule has 0 radical (unpaired) electrons. The van der Waals surface area contributed by atoms with Crippen molar-refractivity contribution < 1.29 is 19.7 Å². The van der Waals surface area contributed by atoms with Crippen molar-refractivity contribution >= 4 is 29.1 Å². The van der Waals surface area contributed by atoms with Gasteiger partial charge in [0, 0.05) is 6.61 Å². The molecule has 0 saturated heterocycles. The van der Waals surface area contributed by atoms with Crippen molar-refractivity contribution in [2.75, 3.05) is 13.2 Å². The third-order valence-corrected chi connectivity index (χ3v) is 3.67. The number of halogens is 2. The van der Waals surface area contributed by atoms with Gasteiger partial charge in [-0.2, -0.15) is 0 Å². The summed E-state index contributed by atoms with van der Waals surface area (Å²) in [4.78, 5) is 12.0. The predicted molar refractivity (Wildman–Crippen MR) is 81.9 cm³/mol. The van der Waals surface area contributed by atoms with Crippen LogP contribution in [-0.4, -0.2) is 41.5 Å². The number of carbonyl (C=O) groups is 1. The highest BCUT2D eigenvalue weighted by Crippen LogP contribution is 2.32. The molecule has 118 valence electrons. The molecule has 0 fully saturated rings. The lowest BCUT2D eigenvalue weighted by atomic mass is 10.1. The molecular weight excluding hydrogens is 317 g/mol. The molecule has 1 amide bonds. The van der Waals surface area contributed by atoms with Gasteiger partial charge in [0.1, 0.15) is 10.8 Å². The highest BCUT2D eigenvalue weighted by atomic mass is 35.5. The van der Waals surface area contributed by atoms with E-state index in [1.54, 1.807) is 25.1 Å². The molecule has 0 aromatic heterocycles. The van der Waals surface area contributed by atoms with Crippen LogP contribution in [0, 0.1) is 0 Å². The summed E-state index contributed by atoms with van der Waals surface area (Å²) in [6, 6.07) is 4.50. The number of ether oxygens (including phenoxy) is 1. The average Bonchev–Trinajstić information content (AvgIpc) is 2.47. The standard InChI is InChI=1S/C14H19Cl2NO4/c1-9(14(20)17-10(8-19)4-3-7-18)21-12-6-2-5-11(15)13(12)16/h2,5-6,9-10,18-19H,3-4,7-8H2,1H3,(H,17,20)/t9-,10+/m0/s1. The summed E-state index contributed by atoms with van der Waals surface area (Å²) in [7, 11) is 0. The average molecular weight is 336 g/mol. The van der Waals surface area contributed by atoms with Crippen molar-refractivity contribution in [3.05, 3.63) is 28.2 Å². The zero-order valence-electron chi connectivity index (χ0n) is 11.7. The first kappa shape index (κ1) is 18.0. The third-order valence-electron chi connectivity index (χ3n) is 2.87. The van der Waals surface area contributed by atoms with Crippen LogP contribution in [0.4, 0.5) is 0 Å². The molecule has 1 aromatic rings. The lowest BCUT2D eigenvalue weighted by Gasteiger charge is -2.20. The number of amides is 1. The highest BCUT2D eigenvalue weighted by Gasteiger charge is 2.19. The van der Waals surface area contributed by atoms with Crippen LogP contribution < -0.4 is 10.1 Å². The second-order valence-electron chi connectivity index (χ2n) is 4.57. The summed E-state index contributed by atoms with van der Waals surface area (Å²) in [5.41, 5.74) is 0. The molecular formula is C14H19Cl2NO4. The Morgan fingerprint density at radius 2 is 2.10 bits per heavy atom. The zero-order chi connectivity index (χ0) is 15.8. The molecule has 0 heterocycles. The van der Waals surface area contributed by atoms with E-state index in [1.165, 1.54) is 0 Å². The van der Waals surface area contributed by atoms with Gasteiger partial charge in [0.15, 0.2) is 6.10 Å². The van der Waals surface area contributed by atoms with Gasteiger partial charge in [0.2, 0.25) is 0 Å². The molecule has 7 heteroatoms. The summed E-state index contributed by atoms with van der Waals surface area (Å²) in [5.74, 6) is -0.0502. The maximum atomic E-state index is 12.0. The normalized spacial score (nSPS) is 13.6. The number of aliphatic hydroxyl groups excluding tert-OH is 2. The third kappa shape index (κ3) is 5.71. The Bertz CT molecular complexity index is 470. The summed E-state index contributed by atoms with van der Waals surface area (Å²) in [5, 5.41) is 21.2. The molecule has 0 aliphatic carbocycles. The highest BCUT2D eigenvalue weighted by molar-refractivity contribution is 6.42. The maximum absolute atomic E-state index is 12.0. The molecule has 0 aliphatic rings. The Morgan fingerprint density at radius 1 is 1.38 bits per heavy atom. The van der Waals surface area contributed by atoms with E-state index < -0.39 is 12.1 Å². The van der Waals surface area contributed by atoms with E-state index in [0.717, 1.165) is 0 Å². The van der Waals surface area contributed by atoms with Gasteiger partial charge in [-0.1, -0.05) is 29.3 Å². The Balaban J connectivity index is 2.59. The van der Waals surface area contributed by atoms with Crippen molar-refractivity contribution in [1.82, 2.24) is 5.32 Å². The fourth-order valence-electron chi connectivity index (χ4n) is 1.68. The predicted octanol–water partition coefficient (Wildman–Crippen LogP) is 2.01. The second kappa shape index (κ2) is 9.10. The first-order chi connectivity index (χ1) is 9.99. The topological polar surface area (TPSA) is 78.8 Å². The number of rotatable bonds is 8. The molecule has 21 heavy (non-hydrogen) atoms. The van der Waals surface area contributed by atoms with E-state index in [1.807, 2.05) is 0 Å². The number of aliphatic hydroxyl groups is 2. The molecule has 1 rings (SSSR count). The summed E-state index contributed by atoms with van der Waals surface area (Å²) >= 11 is 11.9. The molecule has 5 nitrogen and oxygen atoms in total. The van der Waals surface area contributed by atoms with Crippen molar-refractivity contribution in [3.63, 3.8) is 0 Å². The number of carbonyl (C=O) groups excluding carboxylic acids is 1. The van der Waals surface area contributed by atoms with Gasteiger partial charge in [-0.05, 0) is 31.9 Å². The zero-order valence-corrected chi connectivity index (χ0v) is 13.2. The number of benzene rings is 1. The van der Waals surface area contributed by atoms with Crippen LogP contribution in [-0.2, 0) is 4.79 Å². The lowest BCUT2D eigenvalue weighted by Crippen LogP contribution is -2.44. The van der Waals surface area contributed by atoms with Crippen LogP contribution in [0.5, 0.6) is 5.75 Å². The Hall–Kier alpha value is -1.01. The quantitative estimate of drug-likeness (QED) is 0.679. The van der Waals surface area contributed by atoms with Gasteiger partial charge in [0.05, 0.1) is 17.7 Å². The van der Waals surface area contributed by atoms with Gasteiger partial charge in [-0.15, -0.1) is 0 Å². The van der Waals surface area contributed by atoms with Crippen molar-refractivity contribution in [3.8, 4) is 5.75 Å². The minimum atomic E-state index is -0.788. The lowest BCUT2D eigenvalue weighted by molar-refractivity contribution is -0.128. The van der Waals surface area contributed by atoms with Gasteiger partial charge in [0.25, 0.3) is 5.91 Å². The fraction of sp³-hybridized carbons (Fsp3) is 0.500. The smallest absolute Gasteiger partial charge is 0.261 e. The van der Waals surface area contributed by atoms with Gasteiger partial charge in [-0.3, -0.25) is 4.79 Å². The number of hydrogen-bond acceptors (Lipinski definition) is 4. The summed E-state index contributed by atoms with van der Waals surface area (Å²) in [6.45, 7) is 1.39. The van der Waals surface area contributed by atoms with Crippen LogP contribution in [0.2, 0.25) is 10.0 Å². The summed E-state index contributed by atoms with van der Waals surface area (Å²) < 4.78 is 5.48. The van der Waals surface area contributed by atoms with Crippen LogP contribution in [0.25, 0.3) is 0 Å². The molecule has 3 N–H and O–H groups in total. The largest absolute Gasteiger partial charge is 0.479 e. The Labute approximate surface area is 133 Å². The molecule has 0 saturated carbocycles. The fourth-order valence-corrected chi connectivity index (χ4v) is 2.02. The number of nitrogens with one attached hydrogen (secondary N) is 1. The number of hydrogen-bond donors (Lipinski definition) is 3. The maximum Gasteiger partial charge on any atom is 0.261 e. The van der Waals surface area contributed by atoms with Crippen molar-refractivity contribution in [1.29, 1.82) is 0 Å². The molecule has 0 bridgehead atoms. The monoisotopic (exact) mass is 335 g/mol. The minimum absolute atomic E-state index is 0.0105. The van der Waals surface area contributed by atoms with E-state index in [2.05, 4.69) is 5.32 Å². The van der Waals surface area contributed by atoms with Crippen LogP contribution >= 0.6 is 23.2 Å². The van der Waals surface area contributed by atoms with E-state index in [9.17, 15) is 9.90 Å². The Morgan fingerprint density at radius 3 is 2.71 bits per heavy atom. The van der Waals surface area contributed by atoms with Crippen molar-refractivity contribution in [2.24, 2.45) is 0 Å². The first-order valence-electron chi connectivity index (χ1n) is 6.62. The molecule has 2 atom stereocenters. The van der Waals surface area contributed by atoms with Crippen LogP contribution in [0.15, 0.2) is 18.2 Å². The molecule has 0 spiro atoms. The van der Waals surface area contributed by atoms with Crippen LogP contribution in [0.1, 0.15) is 19.8 Å². The van der Waals surface area contributed by atoms with Gasteiger partial charge < -0.3 is 20.3 Å². The molecule has 0 unspecified atom stereocenters. The first-order valence-corrected chi connectivity index (χ1v) is 7.38. The minimum Gasteiger partial charge on any atom is -0.479 e. The van der Waals surface area contributed by atoms with E-state index in [0.29, 0.717) is 23.6 Å². The van der Waals surface area contributed by atoms with Gasteiger partial charge >= 0.3 is 0 Å².